The standard InChI is InChI=1S/C16H12FN3O2S/c17-13-4-2-1-3-10(13)5-11-7-23-8-12(11)14(21)6-15(22)16-18-9-19-20-16/h1-4,6-9,22H,5H2,(H,18,19,20). The van der Waals surface area contributed by atoms with Crippen molar-refractivity contribution in [3.63, 3.8) is 0 Å². The van der Waals surface area contributed by atoms with Crippen LogP contribution in [0.15, 0.2) is 47.4 Å². The summed E-state index contributed by atoms with van der Waals surface area (Å²) in [5, 5.41) is 19.5. The second kappa shape index (κ2) is 6.53. The molecule has 0 aliphatic heterocycles. The van der Waals surface area contributed by atoms with Crippen molar-refractivity contribution in [3.8, 4) is 0 Å². The van der Waals surface area contributed by atoms with Gasteiger partial charge < -0.3 is 5.11 Å². The fourth-order valence-electron chi connectivity index (χ4n) is 2.12. The van der Waals surface area contributed by atoms with Gasteiger partial charge in [0.15, 0.2) is 11.5 Å². The highest BCUT2D eigenvalue weighted by atomic mass is 32.1. The van der Waals surface area contributed by atoms with E-state index < -0.39 is 0 Å². The SMILES string of the molecule is O=C(C=C(O)c1nc[nH]n1)c1cscc1Cc1ccccc1F. The number of nitrogens with one attached hydrogen (secondary N) is 1. The first-order valence-corrected chi connectivity index (χ1v) is 7.69. The van der Waals surface area contributed by atoms with Gasteiger partial charge in [0.1, 0.15) is 12.1 Å². The number of halogens is 1. The lowest BCUT2D eigenvalue weighted by molar-refractivity contribution is 0.104. The molecule has 2 N–H and O–H groups in total. The molecule has 2 aromatic heterocycles. The Kier molecular flexibility index (Phi) is 4.29. The highest BCUT2D eigenvalue weighted by Gasteiger charge is 2.15. The molecule has 0 amide bonds. The molecular weight excluding hydrogens is 317 g/mol. The lowest BCUT2D eigenvalue weighted by Gasteiger charge is -2.03. The summed E-state index contributed by atoms with van der Waals surface area (Å²) >= 11 is 1.35. The molecule has 5 nitrogen and oxygen atoms in total. The number of thiophene rings is 1. The van der Waals surface area contributed by atoms with Crippen LogP contribution in [0.5, 0.6) is 0 Å². The van der Waals surface area contributed by atoms with Crippen LogP contribution in [0.2, 0.25) is 0 Å². The van der Waals surface area contributed by atoms with Crippen molar-refractivity contribution >= 4 is 22.9 Å². The van der Waals surface area contributed by atoms with Crippen LogP contribution in [0.1, 0.15) is 27.3 Å². The minimum Gasteiger partial charge on any atom is -0.504 e. The molecule has 0 radical (unpaired) electrons. The Morgan fingerprint density at radius 2 is 2.13 bits per heavy atom. The van der Waals surface area contributed by atoms with E-state index in [1.54, 1.807) is 29.0 Å². The van der Waals surface area contributed by atoms with Crippen molar-refractivity contribution in [1.29, 1.82) is 0 Å². The molecule has 0 fully saturated rings. The monoisotopic (exact) mass is 329 g/mol. The summed E-state index contributed by atoms with van der Waals surface area (Å²) in [7, 11) is 0. The summed E-state index contributed by atoms with van der Waals surface area (Å²) in [4.78, 5) is 16.1. The Labute approximate surface area is 135 Å². The topological polar surface area (TPSA) is 78.9 Å². The van der Waals surface area contributed by atoms with Gasteiger partial charge in [-0.2, -0.15) is 16.4 Å². The predicted molar refractivity (Wildman–Crippen MR) is 84.8 cm³/mol. The minimum atomic E-state index is -0.375. The summed E-state index contributed by atoms with van der Waals surface area (Å²) in [5.74, 6) is -0.959. The third kappa shape index (κ3) is 3.35. The minimum absolute atomic E-state index is 0.0456. The van der Waals surface area contributed by atoms with Gasteiger partial charge in [0.25, 0.3) is 0 Å². The average molecular weight is 329 g/mol. The molecule has 0 saturated heterocycles. The van der Waals surface area contributed by atoms with E-state index in [2.05, 4.69) is 15.2 Å². The number of nitrogens with zero attached hydrogens (tertiary/aromatic N) is 2. The number of allylic oxidation sites excluding steroid dienone is 1. The molecule has 23 heavy (non-hydrogen) atoms. The summed E-state index contributed by atoms with van der Waals surface area (Å²) in [6.07, 6.45) is 2.68. The van der Waals surface area contributed by atoms with E-state index in [-0.39, 0.29) is 23.2 Å². The van der Waals surface area contributed by atoms with Crippen LogP contribution in [0.4, 0.5) is 4.39 Å². The van der Waals surface area contributed by atoms with E-state index in [1.807, 2.05) is 0 Å². The van der Waals surface area contributed by atoms with Gasteiger partial charge in [-0.25, -0.2) is 9.37 Å². The van der Waals surface area contributed by atoms with Crippen LogP contribution in [0, 0.1) is 5.82 Å². The second-order valence-electron chi connectivity index (χ2n) is 4.80. The molecule has 0 bridgehead atoms. The van der Waals surface area contributed by atoms with E-state index in [1.165, 1.54) is 23.7 Å². The highest BCUT2D eigenvalue weighted by Crippen LogP contribution is 2.22. The Balaban J connectivity index is 1.85. The van der Waals surface area contributed by atoms with Crippen molar-refractivity contribution in [2.75, 3.05) is 0 Å². The molecule has 0 aliphatic rings. The van der Waals surface area contributed by atoms with Gasteiger partial charge in [0.2, 0.25) is 5.82 Å². The second-order valence-corrected chi connectivity index (χ2v) is 5.54. The zero-order valence-corrected chi connectivity index (χ0v) is 12.7. The molecule has 3 aromatic rings. The molecule has 0 saturated carbocycles. The zero-order chi connectivity index (χ0) is 16.2. The number of aromatic amines is 1. The summed E-state index contributed by atoms with van der Waals surface area (Å²) in [5.41, 5.74) is 1.66. The number of hydrogen-bond donors (Lipinski definition) is 2. The molecule has 0 unspecified atom stereocenters. The number of aromatic nitrogens is 3. The average Bonchev–Trinajstić information content (AvgIpc) is 3.20. The summed E-state index contributed by atoms with van der Waals surface area (Å²) < 4.78 is 13.8. The largest absolute Gasteiger partial charge is 0.504 e. The maximum Gasteiger partial charge on any atom is 0.215 e. The molecule has 3 rings (SSSR count). The number of hydrogen-bond acceptors (Lipinski definition) is 5. The zero-order valence-electron chi connectivity index (χ0n) is 11.9. The normalized spacial score (nSPS) is 11.6. The van der Waals surface area contributed by atoms with E-state index >= 15 is 0 Å². The molecule has 2 heterocycles. The molecule has 1 aromatic carbocycles. The fourth-order valence-corrected chi connectivity index (χ4v) is 2.97. The van der Waals surface area contributed by atoms with Gasteiger partial charge in [-0.15, -0.1) is 0 Å². The maximum absolute atomic E-state index is 13.8. The fraction of sp³-hybridized carbons (Fsp3) is 0.0625. The van der Waals surface area contributed by atoms with Crippen molar-refractivity contribution < 1.29 is 14.3 Å². The van der Waals surface area contributed by atoms with Gasteiger partial charge in [-0.3, -0.25) is 9.89 Å². The number of aliphatic hydroxyl groups excluding tert-OH is 1. The molecule has 7 heteroatoms. The number of ketones is 1. The van der Waals surface area contributed by atoms with Crippen LogP contribution >= 0.6 is 11.3 Å². The molecular formula is C16H12FN3O2S. The lowest BCUT2D eigenvalue weighted by Crippen LogP contribution is -2.01. The van der Waals surface area contributed by atoms with Crippen LogP contribution in [-0.2, 0) is 6.42 Å². The summed E-state index contributed by atoms with van der Waals surface area (Å²) in [6.45, 7) is 0. The Morgan fingerprint density at radius 1 is 1.30 bits per heavy atom. The maximum atomic E-state index is 13.8. The lowest BCUT2D eigenvalue weighted by atomic mass is 10.0. The van der Waals surface area contributed by atoms with Crippen LogP contribution in [-0.4, -0.2) is 26.1 Å². The quantitative estimate of drug-likeness (QED) is 0.427. The van der Waals surface area contributed by atoms with Crippen molar-refractivity contribution in [2.24, 2.45) is 0 Å². The van der Waals surface area contributed by atoms with Gasteiger partial charge in [-0.05, 0) is 22.6 Å². The van der Waals surface area contributed by atoms with Crippen LogP contribution in [0.25, 0.3) is 5.76 Å². The first-order chi connectivity index (χ1) is 11.1. The van der Waals surface area contributed by atoms with Crippen molar-refractivity contribution in [1.82, 2.24) is 15.2 Å². The number of rotatable bonds is 5. The Hall–Kier alpha value is -2.80. The molecule has 0 aliphatic carbocycles. The van der Waals surface area contributed by atoms with E-state index in [9.17, 15) is 14.3 Å². The van der Waals surface area contributed by atoms with E-state index in [4.69, 9.17) is 0 Å². The predicted octanol–water partition coefficient (Wildman–Crippen LogP) is 3.38. The number of H-pyrrole nitrogens is 1. The number of carbonyl (C=O) groups excluding carboxylic acids is 1. The third-order valence-corrected chi connectivity index (χ3v) is 4.05. The molecule has 0 atom stereocenters. The van der Waals surface area contributed by atoms with Crippen molar-refractivity contribution in [2.45, 2.75) is 6.42 Å². The Morgan fingerprint density at radius 3 is 2.87 bits per heavy atom. The first kappa shape index (κ1) is 15.1. The highest BCUT2D eigenvalue weighted by molar-refractivity contribution is 7.08. The van der Waals surface area contributed by atoms with Gasteiger partial charge >= 0.3 is 0 Å². The number of carbonyl (C=O) groups is 1. The van der Waals surface area contributed by atoms with Crippen LogP contribution < -0.4 is 0 Å². The van der Waals surface area contributed by atoms with E-state index in [0.717, 1.165) is 6.08 Å². The Bertz CT molecular complexity index is 856. The van der Waals surface area contributed by atoms with Crippen molar-refractivity contribution in [3.05, 3.63) is 75.8 Å². The summed E-state index contributed by atoms with van der Waals surface area (Å²) in [6, 6.07) is 6.44. The number of benzene rings is 1. The molecule has 116 valence electrons. The number of aliphatic hydroxyl groups is 1. The van der Waals surface area contributed by atoms with Crippen LogP contribution in [0.3, 0.4) is 0 Å². The first-order valence-electron chi connectivity index (χ1n) is 6.74. The molecule has 0 spiro atoms. The third-order valence-electron chi connectivity index (χ3n) is 3.26. The van der Waals surface area contributed by atoms with Gasteiger partial charge in [-0.1, -0.05) is 18.2 Å². The van der Waals surface area contributed by atoms with E-state index in [0.29, 0.717) is 23.1 Å². The van der Waals surface area contributed by atoms with Gasteiger partial charge in [0.05, 0.1) is 0 Å². The van der Waals surface area contributed by atoms with Gasteiger partial charge in [0, 0.05) is 23.4 Å². The smallest absolute Gasteiger partial charge is 0.215 e.